The molecule has 1 aliphatic rings. The fourth-order valence-corrected chi connectivity index (χ4v) is 5.15. The number of anilines is 1. The van der Waals surface area contributed by atoms with Crippen LogP contribution in [-0.4, -0.2) is 31.6 Å². The topological polar surface area (TPSA) is 79.4 Å². The maximum Gasteiger partial charge on any atom is 0.284 e. The second kappa shape index (κ2) is 8.61. The van der Waals surface area contributed by atoms with Gasteiger partial charge in [0.1, 0.15) is 5.69 Å². The van der Waals surface area contributed by atoms with Crippen LogP contribution >= 0.6 is 22.9 Å². The van der Waals surface area contributed by atoms with Crippen molar-refractivity contribution in [3.8, 4) is 0 Å². The van der Waals surface area contributed by atoms with E-state index in [1.807, 2.05) is 47.2 Å². The van der Waals surface area contributed by atoms with Crippen molar-refractivity contribution < 1.29 is 13.2 Å². The summed E-state index contributed by atoms with van der Waals surface area (Å²) in [5.74, 6) is -0.324. The summed E-state index contributed by atoms with van der Waals surface area (Å²) in [6.45, 7) is 2.39. The van der Waals surface area contributed by atoms with Gasteiger partial charge in [0, 0.05) is 28.4 Å². The molecule has 2 atom stereocenters. The molecule has 0 spiro atoms. The summed E-state index contributed by atoms with van der Waals surface area (Å²) in [7, 11) is -3.66. The Morgan fingerprint density at radius 3 is 2.52 bits per heavy atom. The Kier molecular flexibility index (Phi) is 6.05. The highest BCUT2D eigenvalue weighted by Gasteiger charge is 2.44. The van der Waals surface area contributed by atoms with E-state index in [2.05, 4.69) is 22.0 Å². The number of thiazole rings is 1. The lowest BCUT2D eigenvalue weighted by Crippen LogP contribution is -2.30. The number of hydrogen-bond donors (Lipinski definition) is 1. The Labute approximate surface area is 190 Å². The standard InChI is InChI=1S/C22H22ClN3O3S2/c1-14-20(21(27)25-31(2,28)29)24-22(30-14)26(13-15-8-10-17(23)11-9-15)19-12-18(19)16-6-4-3-5-7-16/h3-11,18-19H,12-13H2,1-2H3,(H,25,27)/t18-,19+/m1/s1. The lowest BCUT2D eigenvalue weighted by molar-refractivity contribution is 0.0977. The number of nitrogens with zero attached hydrogens (tertiary/aromatic N) is 2. The minimum Gasteiger partial charge on any atom is -0.340 e. The Morgan fingerprint density at radius 1 is 1.19 bits per heavy atom. The van der Waals surface area contributed by atoms with E-state index in [-0.39, 0.29) is 11.7 Å². The molecule has 1 N–H and O–H groups in total. The molecule has 0 aliphatic heterocycles. The first kappa shape index (κ1) is 21.8. The molecule has 31 heavy (non-hydrogen) atoms. The number of amides is 1. The first-order valence-electron chi connectivity index (χ1n) is 9.77. The molecule has 1 aromatic heterocycles. The fourth-order valence-electron chi connectivity index (χ4n) is 3.63. The van der Waals surface area contributed by atoms with E-state index in [9.17, 15) is 13.2 Å². The lowest BCUT2D eigenvalue weighted by atomic mass is 10.1. The van der Waals surface area contributed by atoms with E-state index in [1.165, 1.54) is 16.9 Å². The van der Waals surface area contributed by atoms with Crippen molar-refractivity contribution in [2.45, 2.75) is 31.8 Å². The third kappa shape index (κ3) is 5.26. The largest absolute Gasteiger partial charge is 0.340 e. The van der Waals surface area contributed by atoms with Gasteiger partial charge >= 0.3 is 0 Å². The van der Waals surface area contributed by atoms with Gasteiger partial charge in [-0.2, -0.15) is 0 Å². The normalized spacial score (nSPS) is 17.9. The number of aromatic nitrogens is 1. The summed E-state index contributed by atoms with van der Waals surface area (Å²) in [6, 6.07) is 18.2. The molecule has 1 saturated carbocycles. The number of carbonyl (C=O) groups is 1. The van der Waals surface area contributed by atoms with E-state index in [4.69, 9.17) is 11.6 Å². The van der Waals surface area contributed by atoms with Crippen molar-refractivity contribution in [3.63, 3.8) is 0 Å². The van der Waals surface area contributed by atoms with Gasteiger partial charge in [0.2, 0.25) is 10.0 Å². The van der Waals surface area contributed by atoms with Gasteiger partial charge in [0.15, 0.2) is 5.13 Å². The van der Waals surface area contributed by atoms with Crippen LogP contribution < -0.4 is 9.62 Å². The Bertz CT molecular complexity index is 1190. The van der Waals surface area contributed by atoms with E-state index < -0.39 is 15.9 Å². The van der Waals surface area contributed by atoms with Gasteiger partial charge in [0.05, 0.1) is 6.26 Å². The van der Waals surface area contributed by atoms with Gasteiger partial charge in [-0.25, -0.2) is 18.1 Å². The molecule has 0 radical (unpaired) electrons. The van der Waals surface area contributed by atoms with Crippen LogP contribution in [-0.2, 0) is 16.6 Å². The average Bonchev–Trinajstić information content (AvgIpc) is 3.41. The molecule has 1 aliphatic carbocycles. The number of nitrogens with one attached hydrogen (secondary N) is 1. The zero-order valence-electron chi connectivity index (χ0n) is 17.1. The highest BCUT2D eigenvalue weighted by Crippen LogP contribution is 2.47. The minimum absolute atomic E-state index is 0.142. The van der Waals surface area contributed by atoms with E-state index in [1.54, 1.807) is 6.92 Å². The van der Waals surface area contributed by atoms with Crippen LogP contribution in [0.4, 0.5) is 5.13 Å². The highest BCUT2D eigenvalue weighted by atomic mass is 35.5. The minimum atomic E-state index is -3.66. The highest BCUT2D eigenvalue weighted by molar-refractivity contribution is 7.89. The van der Waals surface area contributed by atoms with Crippen molar-refractivity contribution in [1.29, 1.82) is 0 Å². The van der Waals surface area contributed by atoms with Crippen LogP contribution in [0.15, 0.2) is 54.6 Å². The Hall–Kier alpha value is -2.42. The molecule has 162 valence electrons. The van der Waals surface area contributed by atoms with Crippen molar-refractivity contribution >= 4 is 44.0 Å². The molecule has 2 aromatic carbocycles. The second-order valence-corrected chi connectivity index (χ2v) is 11.0. The number of halogens is 1. The Balaban J connectivity index is 1.64. The van der Waals surface area contributed by atoms with Crippen molar-refractivity contribution in [2.75, 3.05) is 11.2 Å². The second-order valence-electron chi connectivity index (χ2n) is 7.68. The van der Waals surface area contributed by atoms with Gasteiger partial charge in [0.25, 0.3) is 5.91 Å². The Morgan fingerprint density at radius 2 is 1.87 bits per heavy atom. The molecular formula is C22H22ClN3O3S2. The van der Waals surface area contributed by atoms with Crippen LogP contribution in [0.1, 0.15) is 38.8 Å². The molecule has 0 bridgehead atoms. The summed E-state index contributed by atoms with van der Waals surface area (Å²) in [5, 5.41) is 1.38. The smallest absolute Gasteiger partial charge is 0.284 e. The zero-order chi connectivity index (χ0) is 22.2. The number of hydrogen-bond acceptors (Lipinski definition) is 6. The molecule has 9 heteroatoms. The van der Waals surface area contributed by atoms with Crippen LogP contribution in [0.25, 0.3) is 0 Å². The molecule has 1 heterocycles. The maximum atomic E-state index is 12.4. The van der Waals surface area contributed by atoms with E-state index in [0.717, 1.165) is 18.2 Å². The van der Waals surface area contributed by atoms with E-state index in [0.29, 0.717) is 27.5 Å². The lowest BCUT2D eigenvalue weighted by Gasteiger charge is -2.23. The van der Waals surface area contributed by atoms with Crippen molar-refractivity contribution in [3.05, 3.63) is 81.3 Å². The molecule has 1 amide bonds. The first-order valence-corrected chi connectivity index (χ1v) is 12.9. The summed E-state index contributed by atoms with van der Waals surface area (Å²) in [6.07, 6.45) is 1.94. The average molecular weight is 476 g/mol. The summed E-state index contributed by atoms with van der Waals surface area (Å²) >= 11 is 7.44. The number of benzene rings is 2. The third-order valence-electron chi connectivity index (χ3n) is 5.18. The quantitative estimate of drug-likeness (QED) is 0.549. The summed E-state index contributed by atoms with van der Waals surface area (Å²) in [5.41, 5.74) is 2.50. The van der Waals surface area contributed by atoms with Gasteiger partial charge in [-0.05, 0) is 36.6 Å². The number of sulfonamides is 1. The molecule has 1 fully saturated rings. The molecular weight excluding hydrogens is 454 g/mol. The van der Waals surface area contributed by atoms with Crippen LogP contribution in [0.5, 0.6) is 0 Å². The first-order chi connectivity index (χ1) is 14.7. The molecule has 0 unspecified atom stereocenters. The number of rotatable bonds is 7. The molecule has 0 saturated heterocycles. The van der Waals surface area contributed by atoms with Crippen LogP contribution in [0.2, 0.25) is 5.02 Å². The zero-order valence-corrected chi connectivity index (χ0v) is 19.5. The van der Waals surface area contributed by atoms with E-state index >= 15 is 0 Å². The van der Waals surface area contributed by atoms with Gasteiger partial charge in [-0.3, -0.25) is 4.79 Å². The van der Waals surface area contributed by atoms with Crippen LogP contribution in [0.3, 0.4) is 0 Å². The predicted octanol–water partition coefficient (Wildman–Crippen LogP) is 4.36. The van der Waals surface area contributed by atoms with Gasteiger partial charge < -0.3 is 4.90 Å². The number of aryl methyl sites for hydroxylation is 1. The van der Waals surface area contributed by atoms with Crippen molar-refractivity contribution in [1.82, 2.24) is 9.71 Å². The van der Waals surface area contributed by atoms with Gasteiger partial charge in [-0.1, -0.05) is 54.1 Å². The molecule has 6 nitrogen and oxygen atoms in total. The van der Waals surface area contributed by atoms with Gasteiger partial charge in [-0.15, -0.1) is 11.3 Å². The monoisotopic (exact) mass is 475 g/mol. The predicted molar refractivity (Wildman–Crippen MR) is 124 cm³/mol. The van der Waals surface area contributed by atoms with Crippen molar-refractivity contribution in [2.24, 2.45) is 0 Å². The molecule has 4 rings (SSSR count). The van der Waals surface area contributed by atoms with Crippen LogP contribution in [0, 0.1) is 6.92 Å². The molecule has 3 aromatic rings. The summed E-state index contributed by atoms with van der Waals surface area (Å²) < 4.78 is 25.0. The third-order valence-corrected chi connectivity index (χ3v) is 6.99. The maximum absolute atomic E-state index is 12.4. The SMILES string of the molecule is Cc1sc(N(Cc2ccc(Cl)cc2)[C@H]2C[C@@H]2c2ccccc2)nc1C(=O)NS(C)(=O)=O. The summed E-state index contributed by atoms with van der Waals surface area (Å²) in [4.78, 5) is 19.8. The fraction of sp³-hybridized carbons (Fsp3) is 0.273. The number of carbonyl (C=O) groups excluding carboxylic acids is 1.